The molecule has 0 aromatic heterocycles. The van der Waals surface area contributed by atoms with E-state index in [0.29, 0.717) is 13.0 Å². The summed E-state index contributed by atoms with van der Waals surface area (Å²) in [4.78, 5) is 11.6. The summed E-state index contributed by atoms with van der Waals surface area (Å²) in [6.07, 6.45) is 2.39. The van der Waals surface area contributed by atoms with E-state index in [1.807, 2.05) is 12.1 Å². The number of aryl methyl sites for hydroxylation is 1. The smallest absolute Gasteiger partial charge is 0.229 e. The lowest BCUT2D eigenvalue weighted by atomic mass is 9.97. The molecule has 5 heteroatoms. The molecule has 2 aromatic carbocycles. The molecule has 0 bridgehead atoms. The van der Waals surface area contributed by atoms with Gasteiger partial charge in [-0.25, -0.2) is 4.39 Å². The van der Waals surface area contributed by atoms with Crippen LogP contribution in [0.2, 0.25) is 0 Å². The lowest BCUT2D eigenvalue weighted by molar-refractivity contribution is -0.115. The van der Waals surface area contributed by atoms with Crippen LogP contribution in [0.15, 0.2) is 36.4 Å². The van der Waals surface area contributed by atoms with Crippen LogP contribution in [0.4, 0.5) is 10.1 Å². The Morgan fingerprint density at radius 3 is 2.88 bits per heavy atom. The molecule has 2 aromatic rings. The molecule has 2 heterocycles. The average molecular weight is 326 g/mol. The fraction of sp³-hybridized carbons (Fsp3) is 0.316. The van der Waals surface area contributed by atoms with Gasteiger partial charge in [0.25, 0.3) is 0 Å². The highest BCUT2D eigenvalue weighted by Crippen LogP contribution is 2.38. The second-order valence-electron chi connectivity index (χ2n) is 6.34. The third-order valence-corrected chi connectivity index (χ3v) is 4.59. The lowest BCUT2D eigenvalue weighted by Gasteiger charge is -2.28. The lowest BCUT2D eigenvalue weighted by Crippen LogP contribution is -2.34. The van der Waals surface area contributed by atoms with Gasteiger partial charge in [-0.3, -0.25) is 4.79 Å². The summed E-state index contributed by atoms with van der Waals surface area (Å²) < 4.78 is 19.1. The molecule has 0 saturated carbocycles. The van der Waals surface area contributed by atoms with Crippen molar-refractivity contribution < 1.29 is 13.9 Å². The minimum absolute atomic E-state index is 0.0264. The van der Waals surface area contributed by atoms with Gasteiger partial charge in [-0.1, -0.05) is 18.2 Å². The molecule has 2 N–H and O–H groups in total. The Hall–Kier alpha value is -2.40. The van der Waals surface area contributed by atoms with E-state index in [-0.39, 0.29) is 17.8 Å². The molecular formula is C19H19FN2O2. The Morgan fingerprint density at radius 2 is 2.04 bits per heavy atom. The molecule has 0 aliphatic carbocycles. The van der Waals surface area contributed by atoms with Crippen LogP contribution < -0.4 is 15.4 Å². The van der Waals surface area contributed by atoms with Crippen LogP contribution in [-0.2, 0) is 24.2 Å². The number of nitrogens with one attached hydrogen (secondary N) is 2. The fourth-order valence-corrected chi connectivity index (χ4v) is 3.33. The molecule has 1 atom stereocenters. The fourth-order valence-electron chi connectivity index (χ4n) is 3.33. The second kappa shape index (κ2) is 6.24. The molecule has 0 saturated heterocycles. The van der Waals surface area contributed by atoms with Crippen LogP contribution in [-0.4, -0.2) is 18.6 Å². The van der Waals surface area contributed by atoms with Gasteiger partial charge in [0.05, 0.1) is 6.42 Å². The van der Waals surface area contributed by atoms with Gasteiger partial charge in [0.2, 0.25) is 5.91 Å². The number of hydrogen-bond acceptors (Lipinski definition) is 3. The zero-order chi connectivity index (χ0) is 16.5. The van der Waals surface area contributed by atoms with Crippen molar-refractivity contribution in [2.75, 3.05) is 11.9 Å². The van der Waals surface area contributed by atoms with Crippen LogP contribution in [0.25, 0.3) is 0 Å². The first kappa shape index (κ1) is 15.1. The van der Waals surface area contributed by atoms with E-state index in [0.717, 1.165) is 42.0 Å². The van der Waals surface area contributed by atoms with Crippen LogP contribution in [0.5, 0.6) is 5.75 Å². The maximum Gasteiger partial charge on any atom is 0.229 e. The monoisotopic (exact) mass is 326 g/mol. The van der Waals surface area contributed by atoms with Crippen molar-refractivity contribution in [3.63, 3.8) is 0 Å². The van der Waals surface area contributed by atoms with E-state index in [9.17, 15) is 9.18 Å². The maximum absolute atomic E-state index is 12.9. The molecule has 124 valence electrons. The Kier molecular flexibility index (Phi) is 3.94. The number of carbonyl (C=O) groups excluding carboxylic acids is 1. The minimum Gasteiger partial charge on any atom is -0.488 e. The Balaban J connectivity index is 1.39. The highest BCUT2D eigenvalue weighted by atomic mass is 19.1. The van der Waals surface area contributed by atoms with Gasteiger partial charge in [0.15, 0.2) is 0 Å². The summed E-state index contributed by atoms with van der Waals surface area (Å²) >= 11 is 0. The maximum atomic E-state index is 12.9. The van der Waals surface area contributed by atoms with Gasteiger partial charge in [-0.2, -0.15) is 0 Å². The molecule has 2 aliphatic heterocycles. The minimum atomic E-state index is -0.219. The highest BCUT2D eigenvalue weighted by molar-refractivity contribution is 6.00. The van der Waals surface area contributed by atoms with Gasteiger partial charge in [-0.15, -0.1) is 0 Å². The van der Waals surface area contributed by atoms with Gasteiger partial charge in [0, 0.05) is 24.3 Å². The molecule has 0 unspecified atom stereocenters. The number of benzene rings is 2. The first-order valence-electron chi connectivity index (χ1n) is 8.25. The molecule has 2 aliphatic rings. The largest absolute Gasteiger partial charge is 0.488 e. The van der Waals surface area contributed by atoms with Gasteiger partial charge < -0.3 is 15.4 Å². The normalized spacial score (nSPS) is 18.5. The molecular weight excluding hydrogens is 307 g/mol. The van der Waals surface area contributed by atoms with Crippen LogP contribution in [0.1, 0.15) is 23.1 Å². The third kappa shape index (κ3) is 2.99. The van der Waals surface area contributed by atoms with Gasteiger partial charge in [-0.05, 0) is 42.2 Å². The number of hydrogen-bond donors (Lipinski definition) is 2. The highest BCUT2D eigenvalue weighted by Gasteiger charge is 2.28. The number of anilines is 1. The van der Waals surface area contributed by atoms with Crippen molar-refractivity contribution in [3.8, 4) is 5.75 Å². The summed E-state index contributed by atoms with van der Waals surface area (Å²) in [5.41, 5.74) is 4.09. The number of amides is 1. The van der Waals surface area contributed by atoms with E-state index >= 15 is 0 Å². The van der Waals surface area contributed by atoms with Crippen molar-refractivity contribution >= 4 is 11.6 Å². The first-order valence-corrected chi connectivity index (χ1v) is 8.25. The van der Waals surface area contributed by atoms with E-state index in [4.69, 9.17) is 4.74 Å². The summed E-state index contributed by atoms with van der Waals surface area (Å²) in [5.74, 6) is 0.687. The molecule has 0 fully saturated rings. The average Bonchev–Trinajstić information content (AvgIpc) is 2.97. The van der Waals surface area contributed by atoms with Crippen molar-refractivity contribution in [1.82, 2.24) is 5.32 Å². The van der Waals surface area contributed by atoms with Crippen molar-refractivity contribution in [2.24, 2.45) is 0 Å². The van der Waals surface area contributed by atoms with Crippen molar-refractivity contribution in [2.45, 2.75) is 31.9 Å². The number of ether oxygens (including phenoxy) is 1. The number of carbonyl (C=O) groups is 1. The Labute approximate surface area is 140 Å². The number of halogens is 1. The number of fused-ring (bicyclic) bond motifs is 3. The first-order chi connectivity index (χ1) is 11.7. The van der Waals surface area contributed by atoms with Gasteiger partial charge >= 0.3 is 0 Å². The molecule has 0 spiro atoms. The third-order valence-electron chi connectivity index (χ3n) is 4.59. The van der Waals surface area contributed by atoms with Crippen molar-refractivity contribution in [3.05, 3.63) is 58.9 Å². The Bertz CT molecular complexity index is 774. The second-order valence-corrected chi connectivity index (χ2v) is 6.34. The van der Waals surface area contributed by atoms with E-state index in [1.165, 1.54) is 17.7 Å². The summed E-state index contributed by atoms with van der Waals surface area (Å²) in [6.45, 7) is 1.40. The zero-order valence-corrected chi connectivity index (χ0v) is 13.3. The van der Waals surface area contributed by atoms with E-state index in [1.54, 1.807) is 12.1 Å². The molecule has 1 amide bonds. The Morgan fingerprint density at radius 1 is 1.21 bits per heavy atom. The van der Waals surface area contributed by atoms with E-state index < -0.39 is 0 Å². The van der Waals surface area contributed by atoms with E-state index in [2.05, 4.69) is 10.6 Å². The quantitative estimate of drug-likeness (QED) is 0.908. The summed E-state index contributed by atoms with van der Waals surface area (Å²) in [7, 11) is 0. The van der Waals surface area contributed by atoms with Crippen LogP contribution >= 0.6 is 0 Å². The zero-order valence-electron chi connectivity index (χ0n) is 13.3. The van der Waals surface area contributed by atoms with Crippen molar-refractivity contribution in [1.29, 1.82) is 0 Å². The number of rotatable bonds is 4. The predicted octanol–water partition coefficient (Wildman–Crippen LogP) is 2.80. The molecule has 4 rings (SSSR count). The van der Waals surface area contributed by atoms with Crippen LogP contribution in [0, 0.1) is 5.82 Å². The molecule has 4 nitrogen and oxygen atoms in total. The summed E-state index contributed by atoms with van der Waals surface area (Å²) in [6, 6.07) is 10.5. The summed E-state index contributed by atoms with van der Waals surface area (Å²) in [5, 5.41) is 6.23. The molecule has 24 heavy (non-hydrogen) atoms. The molecule has 0 radical (unpaired) electrons. The van der Waals surface area contributed by atoms with Gasteiger partial charge in [0.1, 0.15) is 17.7 Å². The predicted molar refractivity (Wildman–Crippen MR) is 89.6 cm³/mol. The standard InChI is InChI=1S/C19H19FN2O2/c20-14-5-1-12(2-6-14)10-21-11-15-7-3-13-4-8-17-16(19(13)24-15)9-18(23)22-17/h1-2,4-6,8,15,21H,3,7,9-11H2,(H,22,23)/t15-/m1/s1. The van der Waals surface area contributed by atoms with Crippen LogP contribution in [0.3, 0.4) is 0 Å². The topological polar surface area (TPSA) is 50.4 Å². The SMILES string of the molecule is O=C1Cc2c(ccc3c2O[C@@H](CNCc2ccc(F)cc2)CC3)N1.